The van der Waals surface area contributed by atoms with Gasteiger partial charge in [0.1, 0.15) is 18.9 Å². The number of carbonyl (C=O) groups is 1. The van der Waals surface area contributed by atoms with E-state index in [1.165, 1.54) is 0 Å². The normalized spacial score (nSPS) is 18.8. The fraction of sp³-hybridized carbons (Fsp3) is 0.342. The fourth-order valence-corrected chi connectivity index (χ4v) is 7.28. The molecule has 47 heavy (non-hydrogen) atoms. The smallest absolute Gasteiger partial charge is 0.333 e. The van der Waals surface area contributed by atoms with Crippen LogP contribution in [-0.4, -0.2) is 38.8 Å². The summed E-state index contributed by atoms with van der Waals surface area (Å²) in [4.78, 5) is 33.3. The molecule has 5 aromatic rings. The highest BCUT2D eigenvalue weighted by molar-refractivity contribution is 5.83. The third kappa shape index (κ3) is 6.35. The van der Waals surface area contributed by atoms with Gasteiger partial charge in [0.2, 0.25) is 11.8 Å². The second kappa shape index (κ2) is 13.4. The average Bonchev–Trinajstić information content (AvgIpc) is 3.51. The molecule has 2 saturated heterocycles. The quantitative estimate of drug-likeness (QED) is 0.152. The molecule has 1 unspecified atom stereocenters. The maximum absolute atomic E-state index is 13.9. The lowest BCUT2D eigenvalue weighted by atomic mass is 9.88. The summed E-state index contributed by atoms with van der Waals surface area (Å²) >= 11 is 0. The van der Waals surface area contributed by atoms with E-state index in [9.17, 15) is 9.59 Å². The molecule has 0 N–H and O–H groups in total. The number of nitrogens with zero attached hydrogens (tertiary/aromatic N) is 4. The monoisotopic (exact) mass is 632 g/mol. The minimum Gasteiger partial charge on any atom is -0.473 e. The van der Waals surface area contributed by atoms with E-state index < -0.39 is 0 Å². The van der Waals surface area contributed by atoms with E-state index in [4.69, 9.17) is 19.2 Å². The molecule has 9 heteroatoms. The molecule has 0 spiro atoms. The van der Waals surface area contributed by atoms with Crippen molar-refractivity contribution >= 4 is 22.7 Å². The van der Waals surface area contributed by atoms with Gasteiger partial charge in [-0.15, -0.1) is 0 Å². The van der Waals surface area contributed by atoms with Crippen molar-refractivity contribution in [2.45, 2.75) is 64.3 Å². The highest BCUT2D eigenvalue weighted by Gasteiger charge is 2.41. The summed E-state index contributed by atoms with van der Waals surface area (Å²) in [6.07, 6.45) is 4.65. The van der Waals surface area contributed by atoms with Crippen LogP contribution in [0.25, 0.3) is 16.7 Å². The average molecular weight is 633 g/mol. The number of imidazole rings is 1. The van der Waals surface area contributed by atoms with Gasteiger partial charge in [-0.3, -0.25) is 13.9 Å². The van der Waals surface area contributed by atoms with Crippen molar-refractivity contribution < 1.29 is 19.0 Å². The first kappa shape index (κ1) is 30.6. The van der Waals surface area contributed by atoms with Crippen LogP contribution in [0, 0.1) is 5.92 Å². The first-order valence-electron chi connectivity index (χ1n) is 16.5. The second-order valence-electron chi connectivity index (χ2n) is 12.5. The Morgan fingerprint density at radius 2 is 1.49 bits per heavy atom. The van der Waals surface area contributed by atoms with Gasteiger partial charge in [0.25, 0.3) is 0 Å². The van der Waals surface area contributed by atoms with Gasteiger partial charge in [0.15, 0.2) is 0 Å². The SMILES string of the molecule is CCOC(=O)CC1C[C@H]2CC[C@@H](C1)N2c1ccc2c(c1)n(C)c(=O)n2-c1ccc(OCc2ccccc2)nc1OCc1ccccc1. The maximum Gasteiger partial charge on any atom is 0.333 e. The number of piperidine rings is 1. The number of anilines is 1. The van der Waals surface area contributed by atoms with Crippen LogP contribution < -0.4 is 20.1 Å². The zero-order chi connectivity index (χ0) is 32.3. The molecule has 242 valence electrons. The number of benzene rings is 3. The van der Waals surface area contributed by atoms with Gasteiger partial charge in [-0.05, 0) is 73.9 Å². The topological polar surface area (TPSA) is 87.8 Å². The van der Waals surface area contributed by atoms with Crippen molar-refractivity contribution in [3.05, 3.63) is 113 Å². The third-order valence-corrected chi connectivity index (χ3v) is 9.43. The number of esters is 1. The van der Waals surface area contributed by atoms with E-state index in [0.29, 0.717) is 61.7 Å². The van der Waals surface area contributed by atoms with Crippen LogP contribution in [-0.2, 0) is 29.8 Å². The summed E-state index contributed by atoms with van der Waals surface area (Å²) in [6, 6.07) is 30.4. The Bertz CT molecular complexity index is 1910. The maximum atomic E-state index is 13.9. The lowest BCUT2D eigenvalue weighted by Gasteiger charge is -2.40. The van der Waals surface area contributed by atoms with Crippen molar-refractivity contribution in [1.82, 2.24) is 14.1 Å². The van der Waals surface area contributed by atoms with Crippen LogP contribution in [0.4, 0.5) is 5.69 Å². The Morgan fingerprint density at radius 3 is 2.15 bits per heavy atom. The number of hydrogen-bond donors (Lipinski definition) is 0. The summed E-state index contributed by atoms with van der Waals surface area (Å²) in [6.45, 7) is 2.93. The van der Waals surface area contributed by atoms with Crippen molar-refractivity contribution in [3.63, 3.8) is 0 Å². The lowest BCUT2D eigenvalue weighted by Crippen LogP contribution is -2.43. The molecule has 7 rings (SSSR count). The van der Waals surface area contributed by atoms with Gasteiger partial charge < -0.3 is 19.1 Å². The first-order valence-corrected chi connectivity index (χ1v) is 16.5. The van der Waals surface area contributed by atoms with E-state index in [1.807, 2.05) is 79.7 Å². The van der Waals surface area contributed by atoms with E-state index in [-0.39, 0.29) is 11.7 Å². The lowest BCUT2D eigenvalue weighted by molar-refractivity contribution is -0.144. The Kier molecular flexibility index (Phi) is 8.70. The summed E-state index contributed by atoms with van der Waals surface area (Å²) in [5.41, 5.74) is 5.10. The summed E-state index contributed by atoms with van der Waals surface area (Å²) in [5.74, 6) is 0.983. The van der Waals surface area contributed by atoms with Gasteiger partial charge in [-0.2, -0.15) is 4.98 Å². The standard InChI is InChI=1S/C38H40N4O5/c1-3-45-36(43)22-28-20-29-14-15-30(21-28)41(29)31-16-17-32-34(23-31)40(2)38(44)42(32)33-18-19-35(46-24-26-10-6-4-7-11-26)39-37(33)47-25-27-12-8-5-9-13-27/h4-13,16-19,23,28-30H,3,14-15,20-22,24-25H2,1-2H3/t28?,29-,30+. The van der Waals surface area contributed by atoms with E-state index in [0.717, 1.165) is 53.5 Å². The molecule has 0 radical (unpaired) electrons. The third-order valence-electron chi connectivity index (χ3n) is 9.43. The molecule has 3 atom stereocenters. The van der Waals surface area contributed by atoms with Crippen molar-refractivity contribution in [3.8, 4) is 17.4 Å². The van der Waals surface area contributed by atoms with Crippen LogP contribution in [0.2, 0.25) is 0 Å². The largest absolute Gasteiger partial charge is 0.473 e. The van der Waals surface area contributed by atoms with E-state index >= 15 is 0 Å². The number of rotatable bonds is 11. The number of aryl methyl sites for hydroxylation is 1. The van der Waals surface area contributed by atoms with Gasteiger partial charge in [0.05, 0.1) is 17.6 Å². The Labute approximate surface area is 274 Å². The summed E-state index contributed by atoms with van der Waals surface area (Å²) < 4.78 is 20.9. The van der Waals surface area contributed by atoms with Crippen molar-refractivity contribution in [2.24, 2.45) is 13.0 Å². The summed E-state index contributed by atoms with van der Waals surface area (Å²) in [5, 5.41) is 0. The zero-order valence-electron chi connectivity index (χ0n) is 26.9. The molecule has 9 nitrogen and oxygen atoms in total. The predicted octanol–water partition coefficient (Wildman–Crippen LogP) is 6.58. The van der Waals surface area contributed by atoms with Crippen LogP contribution >= 0.6 is 0 Å². The molecule has 0 aliphatic carbocycles. The Morgan fingerprint density at radius 1 is 0.830 bits per heavy atom. The fourth-order valence-electron chi connectivity index (χ4n) is 7.28. The molecular weight excluding hydrogens is 592 g/mol. The van der Waals surface area contributed by atoms with Crippen LogP contribution in [0.15, 0.2) is 95.8 Å². The second-order valence-corrected chi connectivity index (χ2v) is 12.5. The molecule has 2 aliphatic heterocycles. The van der Waals surface area contributed by atoms with Crippen molar-refractivity contribution in [2.75, 3.05) is 11.5 Å². The van der Waals surface area contributed by atoms with E-state index in [2.05, 4.69) is 17.0 Å². The van der Waals surface area contributed by atoms with Crippen LogP contribution in [0.3, 0.4) is 0 Å². The minimum absolute atomic E-state index is 0.0968. The number of pyridine rings is 1. The highest BCUT2D eigenvalue weighted by Crippen LogP contribution is 2.43. The van der Waals surface area contributed by atoms with Gasteiger partial charge in [-0.25, -0.2) is 4.79 Å². The molecule has 4 heterocycles. The van der Waals surface area contributed by atoms with Gasteiger partial charge >= 0.3 is 11.7 Å². The summed E-state index contributed by atoms with van der Waals surface area (Å²) in [7, 11) is 1.81. The number of ether oxygens (including phenoxy) is 3. The van der Waals surface area contributed by atoms with Crippen molar-refractivity contribution in [1.29, 1.82) is 0 Å². The minimum atomic E-state index is -0.183. The molecular formula is C38H40N4O5. The zero-order valence-corrected chi connectivity index (χ0v) is 26.9. The molecule has 0 saturated carbocycles. The molecule has 2 aliphatic rings. The van der Waals surface area contributed by atoms with Gasteiger partial charge in [-0.1, -0.05) is 60.7 Å². The Balaban J connectivity index is 1.19. The first-order chi connectivity index (χ1) is 23.0. The molecule has 2 aromatic heterocycles. The number of aromatic nitrogens is 3. The van der Waals surface area contributed by atoms with Crippen LogP contribution in [0.1, 0.15) is 50.2 Å². The molecule has 3 aromatic carbocycles. The molecule has 2 bridgehead atoms. The molecule has 0 amide bonds. The van der Waals surface area contributed by atoms with Gasteiger partial charge in [0, 0.05) is 37.3 Å². The van der Waals surface area contributed by atoms with Crippen LogP contribution in [0.5, 0.6) is 11.8 Å². The molecule has 2 fully saturated rings. The predicted molar refractivity (Wildman–Crippen MR) is 181 cm³/mol. The number of hydrogen-bond acceptors (Lipinski definition) is 7. The number of fused-ring (bicyclic) bond motifs is 3. The number of carbonyl (C=O) groups excluding carboxylic acids is 1. The Hall–Kier alpha value is -5.05. The van der Waals surface area contributed by atoms with E-state index in [1.54, 1.807) is 22.2 Å². The highest BCUT2D eigenvalue weighted by atomic mass is 16.5.